The summed E-state index contributed by atoms with van der Waals surface area (Å²) in [6.45, 7) is 1.66. The van der Waals surface area contributed by atoms with E-state index in [0.717, 1.165) is 18.2 Å². The molecule has 0 aromatic heterocycles. The largest absolute Gasteiger partial charge is 0.462 e. The van der Waals surface area contributed by atoms with Crippen LogP contribution in [0.2, 0.25) is 0 Å². The van der Waals surface area contributed by atoms with Crippen LogP contribution in [-0.2, 0) is 9.53 Å². The number of ketones is 1. The fourth-order valence-electron chi connectivity index (χ4n) is 1.62. The van der Waals surface area contributed by atoms with Crippen LogP contribution < -0.4 is 0 Å². The summed E-state index contributed by atoms with van der Waals surface area (Å²) in [4.78, 5) is 35.2. The van der Waals surface area contributed by atoms with Crippen LogP contribution in [0.4, 0.5) is 10.1 Å². The predicted octanol–water partition coefficient (Wildman–Crippen LogP) is 1.93. The Morgan fingerprint density at radius 1 is 1.41 bits per heavy atom. The summed E-state index contributed by atoms with van der Waals surface area (Å²) < 4.78 is 18.4. The molecule has 0 aliphatic heterocycles. The standard InChI is InChI=1S/C14H15FN2O5/c1-4-22-14(19)10(8-16(2)3)13(18)9-5-6-12(17(20)21)11(15)7-9/h5-8H,4H2,1-3H3. The van der Waals surface area contributed by atoms with Gasteiger partial charge in [-0.1, -0.05) is 0 Å². The predicted molar refractivity (Wildman–Crippen MR) is 75.8 cm³/mol. The zero-order valence-electron chi connectivity index (χ0n) is 12.3. The highest BCUT2D eigenvalue weighted by atomic mass is 19.1. The van der Waals surface area contributed by atoms with E-state index in [0.29, 0.717) is 0 Å². The molecule has 8 heteroatoms. The molecule has 0 aliphatic rings. The number of carbonyl (C=O) groups is 2. The molecule has 1 rings (SSSR count). The number of Topliss-reactive ketones (excluding diaryl/α,β-unsaturated/α-hetero) is 1. The third-order valence-electron chi connectivity index (χ3n) is 2.53. The minimum Gasteiger partial charge on any atom is -0.462 e. The smallest absolute Gasteiger partial charge is 0.343 e. The molecule has 0 radical (unpaired) electrons. The van der Waals surface area contributed by atoms with Crippen molar-refractivity contribution < 1.29 is 23.6 Å². The van der Waals surface area contributed by atoms with E-state index < -0.39 is 28.2 Å². The SMILES string of the molecule is CCOC(=O)C(=CN(C)C)C(=O)c1ccc([N+](=O)[O-])c(F)c1. The van der Waals surface area contributed by atoms with Crippen molar-refractivity contribution in [1.82, 2.24) is 4.90 Å². The van der Waals surface area contributed by atoms with Gasteiger partial charge in [0.25, 0.3) is 0 Å². The molecule has 118 valence electrons. The average molecular weight is 310 g/mol. The second kappa shape index (κ2) is 7.30. The lowest BCUT2D eigenvalue weighted by molar-refractivity contribution is -0.387. The van der Waals surface area contributed by atoms with Gasteiger partial charge in [-0.3, -0.25) is 14.9 Å². The van der Waals surface area contributed by atoms with E-state index in [1.54, 1.807) is 21.0 Å². The normalized spacial score (nSPS) is 11.0. The molecule has 0 amide bonds. The summed E-state index contributed by atoms with van der Waals surface area (Å²) in [6, 6.07) is 2.69. The van der Waals surface area contributed by atoms with Gasteiger partial charge in [-0.25, -0.2) is 4.79 Å². The van der Waals surface area contributed by atoms with E-state index in [2.05, 4.69) is 0 Å². The van der Waals surface area contributed by atoms with E-state index in [9.17, 15) is 24.1 Å². The van der Waals surface area contributed by atoms with E-state index >= 15 is 0 Å². The first-order valence-corrected chi connectivity index (χ1v) is 6.32. The second-order valence-corrected chi connectivity index (χ2v) is 4.48. The molecule has 0 saturated carbocycles. The van der Waals surface area contributed by atoms with Crippen molar-refractivity contribution in [2.45, 2.75) is 6.92 Å². The number of nitro benzene ring substituents is 1. The zero-order valence-corrected chi connectivity index (χ0v) is 12.3. The molecule has 0 atom stereocenters. The van der Waals surface area contributed by atoms with Crippen molar-refractivity contribution in [3.8, 4) is 0 Å². The lowest BCUT2D eigenvalue weighted by Gasteiger charge is -2.10. The molecular formula is C14H15FN2O5. The number of ether oxygens (including phenoxy) is 1. The molecule has 7 nitrogen and oxygen atoms in total. The van der Waals surface area contributed by atoms with Crippen LogP contribution in [0.1, 0.15) is 17.3 Å². The number of nitro groups is 1. The highest BCUT2D eigenvalue weighted by Crippen LogP contribution is 2.20. The first kappa shape index (κ1) is 17.3. The van der Waals surface area contributed by atoms with Gasteiger partial charge >= 0.3 is 11.7 Å². The summed E-state index contributed by atoms with van der Waals surface area (Å²) in [5.41, 5.74) is -1.21. The second-order valence-electron chi connectivity index (χ2n) is 4.48. The third kappa shape index (κ3) is 4.11. The van der Waals surface area contributed by atoms with Gasteiger partial charge in [-0.2, -0.15) is 4.39 Å². The Labute approximate surface area is 126 Å². The highest BCUT2D eigenvalue weighted by molar-refractivity contribution is 6.24. The Hall–Kier alpha value is -2.77. The highest BCUT2D eigenvalue weighted by Gasteiger charge is 2.24. The number of carbonyl (C=O) groups excluding carboxylic acids is 2. The number of hydrogen-bond donors (Lipinski definition) is 0. The molecule has 1 aromatic rings. The molecule has 0 spiro atoms. The van der Waals surface area contributed by atoms with E-state index in [-0.39, 0.29) is 17.7 Å². The van der Waals surface area contributed by atoms with Crippen LogP contribution in [-0.4, -0.2) is 42.3 Å². The van der Waals surface area contributed by atoms with Gasteiger partial charge in [0.2, 0.25) is 11.6 Å². The van der Waals surface area contributed by atoms with Crippen molar-refractivity contribution >= 4 is 17.4 Å². The zero-order chi connectivity index (χ0) is 16.9. The van der Waals surface area contributed by atoms with Crippen molar-refractivity contribution in [3.05, 3.63) is 51.5 Å². The number of esters is 1. The van der Waals surface area contributed by atoms with Crippen LogP contribution in [0, 0.1) is 15.9 Å². The van der Waals surface area contributed by atoms with E-state index in [4.69, 9.17) is 4.74 Å². The van der Waals surface area contributed by atoms with Crippen molar-refractivity contribution in [3.63, 3.8) is 0 Å². The monoisotopic (exact) mass is 310 g/mol. The molecule has 0 aliphatic carbocycles. The molecule has 0 heterocycles. The van der Waals surface area contributed by atoms with Gasteiger partial charge in [0.05, 0.1) is 11.5 Å². The Bertz CT molecular complexity index is 640. The Balaban J connectivity index is 3.22. The van der Waals surface area contributed by atoms with Crippen LogP contribution in [0.25, 0.3) is 0 Å². The number of rotatable bonds is 6. The molecule has 1 aromatic carbocycles. The van der Waals surface area contributed by atoms with Gasteiger partial charge in [-0.05, 0) is 19.1 Å². The van der Waals surface area contributed by atoms with Crippen LogP contribution >= 0.6 is 0 Å². The Kier molecular flexibility index (Phi) is 5.73. The quantitative estimate of drug-likeness (QED) is 0.152. The van der Waals surface area contributed by atoms with Crippen LogP contribution in [0.3, 0.4) is 0 Å². The summed E-state index contributed by atoms with van der Waals surface area (Å²) in [6.07, 6.45) is 1.25. The Morgan fingerprint density at radius 3 is 2.50 bits per heavy atom. The summed E-state index contributed by atoms with van der Waals surface area (Å²) >= 11 is 0. The lowest BCUT2D eigenvalue weighted by atomic mass is 10.0. The topological polar surface area (TPSA) is 89.8 Å². The minimum atomic E-state index is -1.15. The van der Waals surface area contributed by atoms with E-state index in [1.165, 1.54) is 11.1 Å². The lowest BCUT2D eigenvalue weighted by Crippen LogP contribution is -2.19. The summed E-state index contributed by atoms with van der Waals surface area (Å²) in [5.74, 6) is -2.77. The average Bonchev–Trinajstić information content (AvgIpc) is 2.43. The summed E-state index contributed by atoms with van der Waals surface area (Å²) in [7, 11) is 3.20. The number of hydrogen-bond acceptors (Lipinski definition) is 6. The van der Waals surface area contributed by atoms with Crippen LogP contribution in [0.15, 0.2) is 30.0 Å². The first-order valence-electron chi connectivity index (χ1n) is 6.32. The fraction of sp³-hybridized carbons (Fsp3) is 0.286. The van der Waals surface area contributed by atoms with E-state index in [1.807, 2.05) is 0 Å². The summed E-state index contributed by atoms with van der Waals surface area (Å²) in [5, 5.41) is 10.6. The minimum absolute atomic E-state index is 0.0749. The molecule has 0 N–H and O–H groups in total. The van der Waals surface area contributed by atoms with Gasteiger partial charge < -0.3 is 9.64 Å². The maximum atomic E-state index is 13.6. The maximum Gasteiger partial charge on any atom is 0.343 e. The molecule has 22 heavy (non-hydrogen) atoms. The van der Waals surface area contributed by atoms with Crippen molar-refractivity contribution in [2.75, 3.05) is 20.7 Å². The molecule has 0 fully saturated rings. The van der Waals surface area contributed by atoms with Gasteiger partial charge in [0, 0.05) is 31.9 Å². The maximum absolute atomic E-state index is 13.6. The number of benzene rings is 1. The van der Waals surface area contributed by atoms with Crippen molar-refractivity contribution in [1.29, 1.82) is 0 Å². The van der Waals surface area contributed by atoms with Gasteiger partial charge in [-0.15, -0.1) is 0 Å². The molecular weight excluding hydrogens is 295 g/mol. The van der Waals surface area contributed by atoms with Crippen LogP contribution in [0.5, 0.6) is 0 Å². The number of halogens is 1. The van der Waals surface area contributed by atoms with Crippen molar-refractivity contribution in [2.24, 2.45) is 0 Å². The third-order valence-corrected chi connectivity index (χ3v) is 2.53. The molecule has 0 saturated heterocycles. The first-order chi connectivity index (χ1) is 10.3. The van der Waals surface area contributed by atoms with Gasteiger partial charge in [0.15, 0.2) is 0 Å². The molecule has 0 bridgehead atoms. The van der Waals surface area contributed by atoms with Gasteiger partial charge in [0.1, 0.15) is 5.57 Å². The fourth-order valence-corrected chi connectivity index (χ4v) is 1.62. The number of nitrogens with zero attached hydrogens (tertiary/aromatic N) is 2. The Morgan fingerprint density at radius 2 is 2.05 bits per heavy atom. The molecule has 0 unspecified atom stereocenters.